The smallest absolute Gasteiger partial charge is 0.182 e. The first-order valence-electron chi connectivity index (χ1n) is 7.36. The molecule has 6 heteroatoms. The molecular formula is C14H19N5O. The zero-order valence-electron chi connectivity index (χ0n) is 11.6. The van der Waals surface area contributed by atoms with Crippen molar-refractivity contribution in [3.63, 3.8) is 0 Å². The summed E-state index contributed by atoms with van der Waals surface area (Å²) in [4.78, 5) is 15.8. The molecule has 20 heavy (non-hydrogen) atoms. The van der Waals surface area contributed by atoms with Crippen molar-refractivity contribution in [1.29, 1.82) is 0 Å². The van der Waals surface area contributed by atoms with Crippen LogP contribution in [0.1, 0.15) is 32.6 Å². The van der Waals surface area contributed by atoms with Crippen molar-refractivity contribution >= 4 is 17.0 Å². The van der Waals surface area contributed by atoms with Gasteiger partial charge >= 0.3 is 0 Å². The molecule has 2 aliphatic carbocycles. The van der Waals surface area contributed by atoms with Crippen molar-refractivity contribution in [3.8, 4) is 0 Å². The Kier molecular flexibility index (Phi) is 2.66. The van der Waals surface area contributed by atoms with Crippen molar-refractivity contribution in [1.82, 2.24) is 19.9 Å². The zero-order valence-corrected chi connectivity index (χ0v) is 11.6. The maximum Gasteiger partial charge on any atom is 0.182 e. The van der Waals surface area contributed by atoms with Crippen LogP contribution in [-0.4, -0.2) is 38.7 Å². The molecule has 0 aliphatic heterocycles. The quantitative estimate of drug-likeness (QED) is 0.892. The summed E-state index contributed by atoms with van der Waals surface area (Å²) in [6.07, 6.45) is 8.53. The summed E-state index contributed by atoms with van der Waals surface area (Å²) in [7, 11) is 0. The molecule has 0 bridgehead atoms. The van der Waals surface area contributed by atoms with Crippen molar-refractivity contribution in [3.05, 3.63) is 12.7 Å². The molecule has 0 unspecified atom stereocenters. The van der Waals surface area contributed by atoms with E-state index < -0.39 is 0 Å². The van der Waals surface area contributed by atoms with Crippen molar-refractivity contribution < 1.29 is 4.74 Å². The lowest BCUT2D eigenvalue weighted by molar-refractivity contribution is -0.157. The number of ether oxygens (including phenoxy) is 1. The number of hydrogen-bond acceptors (Lipinski definition) is 5. The van der Waals surface area contributed by atoms with E-state index in [0.717, 1.165) is 24.4 Å². The van der Waals surface area contributed by atoms with Gasteiger partial charge in [0.25, 0.3) is 0 Å². The highest BCUT2D eigenvalue weighted by Gasteiger charge is 2.59. The summed E-state index contributed by atoms with van der Waals surface area (Å²) in [5.74, 6) is 0.860. The van der Waals surface area contributed by atoms with Crippen LogP contribution in [0.5, 0.6) is 0 Å². The molecule has 0 radical (unpaired) electrons. The van der Waals surface area contributed by atoms with Gasteiger partial charge in [0.05, 0.1) is 12.4 Å². The van der Waals surface area contributed by atoms with Gasteiger partial charge in [0.15, 0.2) is 11.5 Å². The number of nitrogens with zero attached hydrogens (tertiary/aromatic N) is 3. The van der Waals surface area contributed by atoms with Crippen LogP contribution in [0.15, 0.2) is 12.7 Å². The van der Waals surface area contributed by atoms with E-state index in [1.54, 1.807) is 12.7 Å². The normalized spacial score (nSPS) is 27.2. The zero-order chi connectivity index (χ0) is 13.6. The molecular weight excluding hydrogens is 254 g/mol. The Hall–Kier alpha value is -1.69. The van der Waals surface area contributed by atoms with Gasteiger partial charge in [-0.05, 0) is 26.2 Å². The fraction of sp³-hybridized carbons (Fsp3) is 0.643. The van der Waals surface area contributed by atoms with Gasteiger partial charge in [0, 0.05) is 18.1 Å². The minimum Gasteiger partial charge on any atom is -0.378 e. The molecule has 2 aromatic heterocycles. The van der Waals surface area contributed by atoms with Gasteiger partial charge in [-0.25, -0.2) is 15.0 Å². The van der Waals surface area contributed by atoms with E-state index >= 15 is 0 Å². The van der Waals surface area contributed by atoms with Crippen molar-refractivity contribution in [2.24, 2.45) is 5.41 Å². The lowest BCUT2D eigenvalue weighted by atomic mass is 9.51. The topological polar surface area (TPSA) is 75.7 Å². The van der Waals surface area contributed by atoms with Gasteiger partial charge < -0.3 is 15.0 Å². The third kappa shape index (κ3) is 1.57. The van der Waals surface area contributed by atoms with Crippen LogP contribution >= 0.6 is 0 Å². The van der Waals surface area contributed by atoms with Crippen LogP contribution in [-0.2, 0) is 4.74 Å². The third-order valence-corrected chi connectivity index (χ3v) is 4.97. The molecule has 0 aromatic carbocycles. The molecule has 1 spiro atoms. The lowest BCUT2D eigenvalue weighted by Gasteiger charge is -2.61. The summed E-state index contributed by atoms with van der Waals surface area (Å²) in [5.41, 5.74) is 1.93. The lowest BCUT2D eigenvalue weighted by Crippen LogP contribution is -2.64. The van der Waals surface area contributed by atoms with E-state index in [2.05, 4.69) is 32.2 Å². The molecule has 2 fully saturated rings. The maximum absolute atomic E-state index is 5.88. The van der Waals surface area contributed by atoms with Crippen LogP contribution in [0.25, 0.3) is 11.2 Å². The van der Waals surface area contributed by atoms with E-state index in [-0.39, 0.29) is 0 Å². The molecule has 2 saturated carbocycles. The second kappa shape index (κ2) is 4.41. The molecule has 2 atom stereocenters. The number of rotatable bonds is 4. The summed E-state index contributed by atoms with van der Waals surface area (Å²) in [5, 5.41) is 3.59. The van der Waals surface area contributed by atoms with E-state index in [1.807, 2.05) is 0 Å². The van der Waals surface area contributed by atoms with Crippen LogP contribution in [0.2, 0.25) is 0 Å². The molecule has 2 heterocycles. The number of imidazole rings is 1. The van der Waals surface area contributed by atoms with Gasteiger partial charge in [0.2, 0.25) is 0 Å². The summed E-state index contributed by atoms with van der Waals surface area (Å²) >= 11 is 0. The first-order valence-corrected chi connectivity index (χ1v) is 7.36. The number of fused-ring (bicyclic) bond motifs is 1. The van der Waals surface area contributed by atoms with Crippen LogP contribution in [0.4, 0.5) is 5.82 Å². The van der Waals surface area contributed by atoms with Crippen LogP contribution < -0.4 is 5.32 Å². The molecule has 2 aliphatic rings. The number of anilines is 1. The Balaban J connectivity index is 1.56. The number of hydrogen-bond donors (Lipinski definition) is 2. The van der Waals surface area contributed by atoms with Gasteiger partial charge in [-0.2, -0.15) is 0 Å². The van der Waals surface area contributed by atoms with E-state index in [0.29, 0.717) is 23.2 Å². The highest BCUT2D eigenvalue weighted by molar-refractivity contribution is 5.82. The Labute approximate surface area is 117 Å². The van der Waals surface area contributed by atoms with Gasteiger partial charge in [-0.1, -0.05) is 6.42 Å². The minimum absolute atomic E-state index is 0.327. The summed E-state index contributed by atoms with van der Waals surface area (Å²) in [6.45, 7) is 2.88. The monoisotopic (exact) mass is 273 g/mol. The van der Waals surface area contributed by atoms with Crippen molar-refractivity contribution in [2.75, 3.05) is 11.9 Å². The first kappa shape index (κ1) is 12.1. The van der Waals surface area contributed by atoms with E-state index in [1.165, 1.54) is 19.3 Å². The van der Waals surface area contributed by atoms with Crippen LogP contribution in [0, 0.1) is 5.41 Å². The third-order valence-electron chi connectivity index (χ3n) is 4.97. The second-order valence-corrected chi connectivity index (χ2v) is 5.79. The Morgan fingerprint density at radius 3 is 3.05 bits per heavy atom. The average Bonchev–Trinajstić information content (AvgIpc) is 2.84. The van der Waals surface area contributed by atoms with Gasteiger partial charge in [0.1, 0.15) is 11.8 Å². The summed E-state index contributed by atoms with van der Waals surface area (Å²) in [6, 6.07) is 0.453. The van der Waals surface area contributed by atoms with Gasteiger partial charge in [-0.3, -0.25) is 0 Å². The predicted molar refractivity (Wildman–Crippen MR) is 75.4 cm³/mol. The fourth-order valence-electron chi connectivity index (χ4n) is 3.68. The average molecular weight is 273 g/mol. The van der Waals surface area contributed by atoms with Crippen molar-refractivity contribution in [2.45, 2.75) is 44.8 Å². The molecule has 4 rings (SSSR count). The highest BCUT2D eigenvalue weighted by Crippen LogP contribution is 2.58. The molecule has 0 saturated heterocycles. The minimum atomic E-state index is 0.327. The Morgan fingerprint density at radius 1 is 1.40 bits per heavy atom. The first-order chi connectivity index (χ1) is 9.83. The Bertz CT molecular complexity index is 621. The van der Waals surface area contributed by atoms with Crippen LogP contribution in [0.3, 0.4) is 0 Å². The molecule has 106 valence electrons. The van der Waals surface area contributed by atoms with Gasteiger partial charge in [-0.15, -0.1) is 0 Å². The fourth-order valence-corrected chi connectivity index (χ4v) is 3.68. The SMILES string of the molecule is CCO[C@@H]1C[C@H](Nc2ncnc3nc[nH]c23)C12CCC2. The molecule has 2 N–H and O–H groups in total. The predicted octanol–water partition coefficient (Wildman–Crippen LogP) is 2.11. The molecule has 0 amide bonds. The molecule has 6 nitrogen and oxygen atoms in total. The largest absolute Gasteiger partial charge is 0.378 e. The maximum atomic E-state index is 5.88. The molecule has 2 aromatic rings. The second-order valence-electron chi connectivity index (χ2n) is 5.79. The number of H-pyrrole nitrogens is 1. The van der Waals surface area contributed by atoms with E-state index in [4.69, 9.17) is 4.74 Å². The van der Waals surface area contributed by atoms with E-state index in [9.17, 15) is 0 Å². The standard InChI is InChI=1S/C14H19N5O/c1-2-20-10-6-9(14(10)4-3-5-14)19-13-11-12(16-7-15-11)17-8-18-13/h7-10H,2-6H2,1H3,(H2,15,16,17,18,19)/t9-,10+/m0/s1. The number of aromatic amines is 1. The highest BCUT2D eigenvalue weighted by atomic mass is 16.5. The Morgan fingerprint density at radius 2 is 2.30 bits per heavy atom. The summed E-state index contributed by atoms with van der Waals surface area (Å²) < 4.78 is 5.88. The number of nitrogens with one attached hydrogen (secondary N) is 2. The number of aromatic nitrogens is 4.